The van der Waals surface area contributed by atoms with Crippen molar-refractivity contribution in [3.63, 3.8) is 0 Å². The average molecular weight is 362 g/mol. The maximum absolute atomic E-state index is 12.0. The maximum atomic E-state index is 12.0. The number of hydrogen-bond donors (Lipinski definition) is 6. The maximum Gasteiger partial charge on any atom is 0.326 e. The minimum absolute atomic E-state index is 0.0248. The molecular weight excluding hydrogens is 336 g/mol. The second-order valence-electron chi connectivity index (χ2n) is 5.77. The molecule has 3 unspecified atom stereocenters. The topological polar surface area (TPSA) is 151 Å². The van der Waals surface area contributed by atoms with Gasteiger partial charge in [0, 0.05) is 5.75 Å². The van der Waals surface area contributed by atoms with Gasteiger partial charge in [-0.05, 0) is 19.3 Å². The van der Waals surface area contributed by atoms with Gasteiger partial charge in [-0.2, -0.15) is 12.6 Å². The predicted molar refractivity (Wildman–Crippen MR) is 91.5 cm³/mol. The van der Waals surface area contributed by atoms with E-state index >= 15 is 0 Å². The summed E-state index contributed by atoms with van der Waals surface area (Å²) in [6.45, 7) is 4.82. The molecule has 0 aliphatic carbocycles. The van der Waals surface area contributed by atoms with E-state index in [4.69, 9.17) is 10.8 Å². The molecule has 0 spiro atoms. The Morgan fingerprint density at radius 3 is 2.00 bits per heavy atom. The van der Waals surface area contributed by atoms with Gasteiger partial charge in [0.25, 0.3) is 0 Å². The van der Waals surface area contributed by atoms with E-state index in [9.17, 15) is 19.2 Å². The molecule has 3 atom stereocenters. The van der Waals surface area contributed by atoms with Gasteiger partial charge in [0.15, 0.2) is 0 Å². The van der Waals surface area contributed by atoms with E-state index in [1.807, 2.05) is 13.8 Å². The zero-order chi connectivity index (χ0) is 18.9. The molecule has 10 heteroatoms. The molecule has 0 aromatic carbocycles. The summed E-state index contributed by atoms with van der Waals surface area (Å²) in [5.74, 6) is -2.79. The summed E-state index contributed by atoms with van der Waals surface area (Å²) in [4.78, 5) is 46.5. The molecule has 0 radical (unpaired) electrons. The van der Waals surface area contributed by atoms with Crippen LogP contribution in [0.3, 0.4) is 0 Å². The fourth-order valence-electron chi connectivity index (χ4n) is 1.82. The Bertz CT molecular complexity index is 472. The van der Waals surface area contributed by atoms with Crippen molar-refractivity contribution in [3.8, 4) is 0 Å². The first-order valence-electron chi connectivity index (χ1n) is 7.56. The highest BCUT2D eigenvalue weighted by Gasteiger charge is 2.26. The third-order valence-electron chi connectivity index (χ3n) is 3.09. The van der Waals surface area contributed by atoms with Crippen molar-refractivity contribution in [2.24, 2.45) is 11.7 Å². The van der Waals surface area contributed by atoms with Crippen LogP contribution in [0.4, 0.5) is 0 Å². The summed E-state index contributed by atoms with van der Waals surface area (Å²) in [5.41, 5.74) is 5.16. The van der Waals surface area contributed by atoms with Gasteiger partial charge in [-0.3, -0.25) is 14.4 Å². The van der Waals surface area contributed by atoms with Crippen LogP contribution >= 0.6 is 12.6 Å². The van der Waals surface area contributed by atoms with Crippen LogP contribution in [0.15, 0.2) is 0 Å². The predicted octanol–water partition coefficient (Wildman–Crippen LogP) is -1.52. The lowest BCUT2D eigenvalue weighted by atomic mass is 10.0. The summed E-state index contributed by atoms with van der Waals surface area (Å²) in [6.07, 6.45) is 0.271. The Kier molecular flexibility index (Phi) is 10.0. The van der Waals surface area contributed by atoms with E-state index < -0.39 is 41.8 Å². The normalized spacial score (nSPS) is 14.4. The SMILES string of the molecule is CC(C)CC(NC(=O)C(C)NC(=O)C(CS)NC(=O)CN)C(=O)O. The molecule has 0 rings (SSSR count). The summed E-state index contributed by atoms with van der Waals surface area (Å²) >= 11 is 3.97. The number of nitrogens with one attached hydrogen (secondary N) is 3. The number of hydrogen-bond acceptors (Lipinski definition) is 6. The first kappa shape index (κ1) is 22.2. The van der Waals surface area contributed by atoms with Crippen LogP contribution in [0.25, 0.3) is 0 Å². The van der Waals surface area contributed by atoms with Crippen LogP contribution in [0.5, 0.6) is 0 Å². The highest BCUT2D eigenvalue weighted by molar-refractivity contribution is 7.80. The van der Waals surface area contributed by atoms with E-state index in [2.05, 4.69) is 28.6 Å². The van der Waals surface area contributed by atoms with Crippen molar-refractivity contribution in [2.45, 2.75) is 45.3 Å². The number of aliphatic carboxylic acids is 1. The monoisotopic (exact) mass is 362 g/mol. The smallest absolute Gasteiger partial charge is 0.326 e. The van der Waals surface area contributed by atoms with E-state index in [1.165, 1.54) is 6.92 Å². The van der Waals surface area contributed by atoms with E-state index in [1.54, 1.807) is 0 Å². The zero-order valence-corrected chi connectivity index (χ0v) is 14.9. The van der Waals surface area contributed by atoms with Crippen molar-refractivity contribution in [3.05, 3.63) is 0 Å². The number of rotatable bonds is 10. The van der Waals surface area contributed by atoms with Crippen LogP contribution in [0, 0.1) is 5.92 Å². The van der Waals surface area contributed by atoms with Gasteiger partial charge in [0.2, 0.25) is 17.7 Å². The third kappa shape index (κ3) is 8.16. The number of carboxylic acid groups (broad SMARTS) is 1. The Morgan fingerprint density at radius 2 is 1.58 bits per heavy atom. The molecule has 0 fully saturated rings. The van der Waals surface area contributed by atoms with Gasteiger partial charge < -0.3 is 26.8 Å². The molecule has 0 aromatic heterocycles. The standard InChI is InChI=1S/C14H26N4O5S/c1-7(2)4-9(14(22)23)18-12(20)8(3)16-13(21)10(6-24)17-11(19)5-15/h7-10,24H,4-6,15H2,1-3H3,(H,16,21)(H,17,19)(H,18,20)(H,22,23). The molecule has 0 saturated heterocycles. The Balaban J connectivity index is 4.69. The first-order valence-corrected chi connectivity index (χ1v) is 8.19. The zero-order valence-electron chi connectivity index (χ0n) is 14.0. The molecule has 0 aliphatic rings. The average Bonchev–Trinajstić information content (AvgIpc) is 2.50. The Morgan fingerprint density at radius 1 is 1.00 bits per heavy atom. The summed E-state index contributed by atoms with van der Waals surface area (Å²) in [5, 5.41) is 16.3. The number of carbonyl (C=O) groups is 4. The van der Waals surface area contributed by atoms with Crippen LogP contribution in [0.1, 0.15) is 27.2 Å². The van der Waals surface area contributed by atoms with Gasteiger partial charge in [-0.25, -0.2) is 4.79 Å². The largest absolute Gasteiger partial charge is 0.480 e. The number of thiol groups is 1. The minimum atomic E-state index is -1.14. The van der Waals surface area contributed by atoms with Crippen LogP contribution in [0.2, 0.25) is 0 Å². The van der Waals surface area contributed by atoms with E-state index in [0.717, 1.165) is 0 Å². The van der Waals surface area contributed by atoms with Crippen molar-refractivity contribution in [1.29, 1.82) is 0 Å². The molecule has 24 heavy (non-hydrogen) atoms. The molecular formula is C14H26N4O5S. The number of carboxylic acids is 1. The molecule has 0 bridgehead atoms. The first-order chi connectivity index (χ1) is 11.1. The number of nitrogens with two attached hydrogens (primary N) is 1. The molecule has 0 aromatic rings. The molecule has 0 saturated carbocycles. The molecule has 6 N–H and O–H groups in total. The van der Waals surface area contributed by atoms with Crippen molar-refractivity contribution >= 4 is 36.3 Å². The number of amides is 3. The van der Waals surface area contributed by atoms with Crippen molar-refractivity contribution in [2.75, 3.05) is 12.3 Å². The Hall–Kier alpha value is -1.81. The second kappa shape index (κ2) is 10.9. The highest BCUT2D eigenvalue weighted by Crippen LogP contribution is 2.05. The molecule has 0 heterocycles. The van der Waals surface area contributed by atoms with Gasteiger partial charge in [0.05, 0.1) is 6.54 Å². The molecule has 138 valence electrons. The summed E-state index contributed by atoms with van der Waals surface area (Å²) in [6, 6.07) is -2.94. The van der Waals surface area contributed by atoms with Gasteiger partial charge in [-0.15, -0.1) is 0 Å². The Labute approximate surface area is 146 Å². The molecule has 0 aliphatic heterocycles. The van der Waals surface area contributed by atoms with E-state index in [0.29, 0.717) is 0 Å². The lowest BCUT2D eigenvalue weighted by Gasteiger charge is -2.22. The van der Waals surface area contributed by atoms with Crippen LogP contribution < -0.4 is 21.7 Å². The second-order valence-corrected chi connectivity index (χ2v) is 6.13. The van der Waals surface area contributed by atoms with Crippen molar-refractivity contribution < 1.29 is 24.3 Å². The lowest BCUT2D eigenvalue weighted by molar-refractivity contribution is -0.142. The summed E-state index contributed by atoms with van der Waals surface area (Å²) in [7, 11) is 0. The van der Waals surface area contributed by atoms with Crippen LogP contribution in [-0.4, -0.2) is 59.2 Å². The third-order valence-corrected chi connectivity index (χ3v) is 3.46. The van der Waals surface area contributed by atoms with Gasteiger partial charge in [-0.1, -0.05) is 13.8 Å². The van der Waals surface area contributed by atoms with Gasteiger partial charge >= 0.3 is 5.97 Å². The van der Waals surface area contributed by atoms with E-state index in [-0.39, 0.29) is 24.6 Å². The van der Waals surface area contributed by atoms with Crippen LogP contribution in [-0.2, 0) is 19.2 Å². The number of carbonyl (C=O) groups excluding carboxylic acids is 3. The molecule has 9 nitrogen and oxygen atoms in total. The lowest BCUT2D eigenvalue weighted by Crippen LogP contribution is -2.55. The highest BCUT2D eigenvalue weighted by atomic mass is 32.1. The quantitative estimate of drug-likeness (QED) is 0.260. The minimum Gasteiger partial charge on any atom is -0.480 e. The fraction of sp³-hybridized carbons (Fsp3) is 0.714. The fourth-order valence-corrected chi connectivity index (χ4v) is 2.07. The van der Waals surface area contributed by atoms with Crippen molar-refractivity contribution in [1.82, 2.24) is 16.0 Å². The summed E-state index contributed by atoms with van der Waals surface area (Å²) < 4.78 is 0. The van der Waals surface area contributed by atoms with Gasteiger partial charge in [0.1, 0.15) is 18.1 Å². The molecule has 3 amide bonds.